The Morgan fingerprint density at radius 2 is 1.92 bits per heavy atom. The number of rotatable bonds is 8. The molecule has 4 rings (SSSR count). The van der Waals surface area contributed by atoms with Gasteiger partial charge in [0, 0.05) is 32.1 Å². The van der Waals surface area contributed by atoms with Crippen molar-refractivity contribution in [1.29, 1.82) is 0 Å². The number of amides is 1. The van der Waals surface area contributed by atoms with E-state index < -0.39 is 11.6 Å². The Balaban J connectivity index is 1.37. The molecule has 192 valence electrons. The molecule has 0 spiro atoms. The largest absolute Gasteiger partial charge is 0.474 e. The fourth-order valence-electron chi connectivity index (χ4n) is 3.86. The van der Waals surface area contributed by atoms with Gasteiger partial charge < -0.3 is 20.3 Å². The van der Waals surface area contributed by atoms with E-state index in [-0.39, 0.29) is 17.8 Å². The molecule has 0 aliphatic carbocycles. The third kappa shape index (κ3) is 6.30. The lowest BCUT2D eigenvalue weighted by Gasteiger charge is -2.34. The number of nitrogens with zero attached hydrogens (tertiary/aromatic N) is 5. The third-order valence-electron chi connectivity index (χ3n) is 5.92. The predicted octanol–water partition coefficient (Wildman–Crippen LogP) is 5.00. The van der Waals surface area contributed by atoms with Gasteiger partial charge in [-0.05, 0) is 51.2 Å². The summed E-state index contributed by atoms with van der Waals surface area (Å²) in [5, 5.41) is 6.18. The summed E-state index contributed by atoms with van der Waals surface area (Å²) in [6.07, 6.45) is 5.77. The van der Waals surface area contributed by atoms with Gasteiger partial charge in [0.25, 0.3) is 11.8 Å². The number of hydrogen-bond donors (Lipinski definition) is 2. The van der Waals surface area contributed by atoms with Crippen molar-refractivity contribution in [3.05, 3.63) is 47.7 Å². The Bertz CT molecular complexity index is 1170. The predicted molar refractivity (Wildman–Crippen MR) is 134 cm³/mol. The average Bonchev–Trinajstić information content (AvgIpc) is 3.20. The van der Waals surface area contributed by atoms with Crippen LogP contribution >= 0.6 is 11.5 Å². The van der Waals surface area contributed by atoms with Gasteiger partial charge in [0.05, 0.1) is 35.5 Å². The monoisotopic (exact) mass is 517 g/mol. The number of halogens is 2. The van der Waals surface area contributed by atoms with Gasteiger partial charge in [-0.3, -0.25) is 4.79 Å². The molecule has 12 heteroatoms. The maximum Gasteiger partial charge on any atom is 0.288 e. The highest BCUT2D eigenvalue weighted by Crippen LogP contribution is 2.29. The Morgan fingerprint density at radius 1 is 1.17 bits per heavy atom. The SMILES string of the molecule is Cc1nsc(Nc2cnc(C(C)(F)F)cn2)c1C(=O)Nc1ccc(OC2CCN(C(C)C)CC2)nc1. The van der Waals surface area contributed by atoms with Gasteiger partial charge in [-0.2, -0.15) is 13.2 Å². The molecular weight excluding hydrogens is 488 g/mol. The van der Waals surface area contributed by atoms with Crippen LogP contribution in [-0.4, -0.2) is 55.4 Å². The lowest BCUT2D eigenvalue weighted by Crippen LogP contribution is -2.41. The summed E-state index contributed by atoms with van der Waals surface area (Å²) in [7, 11) is 0. The van der Waals surface area contributed by atoms with E-state index >= 15 is 0 Å². The first-order valence-corrected chi connectivity index (χ1v) is 12.5. The molecule has 1 fully saturated rings. The maximum atomic E-state index is 13.4. The molecule has 4 heterocycles. The molecular formula is C24H29F2N7O2S. The number of nitrogens with one attached hydrogen (secondary N) is 2. The molecule has 9 nitrogen and oxygen atoms in total. The van der Waals surface area contributed by atoms with Crippen molar-refractivity contribution in [3.8, 4) is 5.88 Å². The number of alkyl halides is 2. The van der Waals surface area contributed by atoms with Gasteiger partial charge in [-0.15, -0.1) is 0 Å². The summed E-state index contributed by atoms with van der Waals surface area (Å²) in [4.78, 5) is 27.5. The van der Waals surface area contributed by atoms with Crippen LogP contribution in [0.25, 0.3) is 0 Å². The molecule has 0 atom stereocenters. The topological polar surface area (TPSA) is 105 Å². The van der Waals surface area contributed by atoms with Crippen LogP contribution < -0.4 is 15.4 Å². The van der Waals surface area contributed by atoms with E-state index in [0.717, 1.165) is 50.6 Å². The minimum atomic E-state index is -3.09. The molecule has 0 radical (unpaired) electrons. The summed E-state index contributed by atoms with van der Waals surface area (Å²) in [5.41, 5.74) is 0.912. The number of carbonyl (C=O) groups excluding carboxylic acids is 1. The zero-order valence-corrected chi connectivity index (χ0v) is 21.4. The van der Waals surface area contributed by atoms with Gasteiger partial charge in [0.15, 0.2) is 0 Å². The zero-order valence-electron chi connectivity index (χ0n) is 20.6. The van der Waals surface area contributed by atoms with Gasteiger partial charge in [0.2, 0.25) is 5.88 Å². The van der Waals surface area contributed by atoms with Crippen molar-refractivity contribution in [2.45, 2.75) is 58.6 Å². The number of aromatic nitrogens is 4. The van der Waals surface area contributed by atoms with Gasteiger partial charge >= 0.3 is 0 Å². The summed E-state index contributed by atoms with van der Waals surface area (Å²) in [6.45, 7) is 8.86. The first-order chi connectivity index (χ1) is 17.1. The molecule has 0 aromatic carbocycles. The Hall–Kier alpha value is -3.25. The van der Waals surface area contributed by atoms with Crippen molar-refractivity contribution >= 4 is 33.9 Å². The number of likely N-dealkylation sites (tertiary alicyclic amines) is 1. The molecule has 3 aromatic heterocycles. The van der Waals surface area contributed by atoms with Gasteiger partial charge in [0.1, 0.15) is 22.6 Å². The highest BCUT2D eigenvalue weighted by atomic mass is 32.1. The van der Waals surface area contributed by atoms with E-state index in [1.54, 1.807) is 25.3 Å². The lowest BCUT2D eigenvalue weighted by atomic mass is 10.1. The second kappa shape index (κ2) is 10.8. The Labute approximate surface area is 212 Å². The maximum absolute atomic E-state index is 13.4. The normalized spacial score (nSPS) is 15.2. The van der Waals surface area contributed by atoms with Crippen molar-refractivity contribution in [1.82, 2.24) is 24.2 Å². The highest BCUT2D eigenvalue weighted by Gasteiger charge is 2.27. The standard InChI is InChI=1S/C24H29F2N7O2S/c1-14(2)33-9-7-17(8-10-33)35-20-6-5-16(11-29-20)30-22(34)21-15(3)32-36-23(21)31-19-13-27-18(12-28-19)24(4,25)26/h5-6,11-14,17H,7-10H2,1-4H3,(H,28,31)(H,30,34). The van der Waals surface area contributed by atoms with Crippen LogP contribution in [-0.2, 0) is 5.92 Å². The van der Waals surface area contributed by atoms with Gasteiger partial charge in [-0.1, -0.05) is 0 Å². The average molecular weight is 518 g/mol. The minimum Gasteiger partial charge on any atom is -0.474 e. The number of hydrogen-bond acceptors (Lipinski definition) is 9. The Morgan fingerprint density at radius 3 is 2.50 bits per heavy atom. The van der Waals surface area contributed by atoms with E-state index in [9.17, 15) is 13.6 Å². The second-order valence-electron chi connectivity index (χ2n) is 9.06. The van der Waals surface area contributed by atoms with E-state index in [0.29, 0.717) is 33.9 Å². The molecule has 1 aliphatic heterocycles. The highest BCUT2D eigenvalue weighted by molar-refractivity contribution is 7.10. The molecule has 1 saturated heterocycles. The quantitative estimate of drug-likeness (QED) is 0.430. The lowest BCUT2D eigenvalue weighted by molar-refractivity contribution is 0.0124. The fourth-order valence-corrected chi connectivity index (χ4v) is 4.66. The summed E-state index contributed by atoms with van der Waals surface area (Å²) < 4.78 is 37.0. The van der Waals surface area contributed by atoms with Crippen molar-refractivity contribution in [2.75, 3.05) is 23.7 Å². The van der Waals surface area contributed by atoms with Crippen LogP contribution in [0.4, 0.5) is 25.3 Å². The van der Waals surface area contributed by atoms with Crippen LogP contribution in [0.1, 0.15) is 55.4 Å². The molecule has 1 amide bonds. The van der Waals surface area contributed by atoms with E-state index in [1.807, 2.05) is 0 Å². The zero-order chi connectivity index (χ0) is 25.9. The molecule has 3 aromatic rings. The number of anilines is 3. The van der Waals surface area contributed by atoms with Crippen molar-refractivity contribution in [2.24, 2.45) is 0 Å². The summed E-state index contributed by atoms with van der Waals surface area (Å²) in [6, 6.07) is 4.01. The van der Waals surface area contributed by atoms with E-state index in [2.05, 4.69) is 48.7 Å². The van der Waals surface area contributed by atoms with Gasteiger partial charge in [-0.25, -0.2) is 15.0 Å². The Kier molecular flexibility index (Phi) is 7.74. The first-order valence-electron chi connectivity index (χ1n) is 11.7. The summed E-state index contributed by atoms with van der Waals surface area (Å²) >= 11 is 1.07. The number of ether oxygens (including phenoxy) is 1. The second-order valence-corrected chi connectivity index (χ2v) is 9.83. The molecule has 2 N–H and O–H groups in total. The first kappa shape index (κ1) is 25.8. The van der Waals surface area contributed by atoms with Crippen LogP contribution in [0, 0.1) is 6.92 Å². The smallest absolute Gasteiger partial charge is 0.288 e. The molecule has 36 heavy (non-hydrogen) atoms. The number of pyridine rings is 1. The van der Waals surface area contributed by atoms with Crippen LogP contribution in [0.5, 0.6) is 5.88 Å². The van der Waals surface area contributed by atoms with E-state index in [1.165, 1.54) is 6.20 Å². The number of aryl methyl sites for hydroxylation is 1. The molecule has 0 saturated carbocycles. The van der Waals surface area contributed by atoms with Crippen LogP contribution in [0.3, 0.4) is 0 Å². The van der Waals surface area contributed by atoms with E-state index in [4.69, 9.17) is 4.74 Å². The summed E-state index contributed by atoms with van der Waals surface area (Å²) in [5.74, 6) is -2.73. The van der Waals surface area contributed by atoms with Crippen molar-refractivity contribution < 1.29 is 18.3 Å². The fraction of sp³-hybridized carbons (Fsp3) is 0.458. The molecule has 0 unspecified atom stereocenters. The van der Waals surface area contributed by atoms with Crippen LogP contribution in [0.15, 0.2) is 30.7 Å². The number of carbonyl (C=O) groups is 1. The number of piperidine rings is 1. The third-order valence-corrected chi connectivity index (χ3v) is 6.78. The molecule has 1 aliphatic rings. The van der Waals surface area contributed by atoms with Crippen LogP contribution in [0.2, 0.25) is 0 Å². The van der Waals surface area contributed by atoms with Crippen molar-refractivity contribution in [3.63, 3.8) is 0 Å². The molecule has 0 bridgehead atoms. The minimum absolute atomic E-state index is 0.127.